The van der Waals surface area contributed by atoms with Crippen LogP contribution in [0.25, 0.3) is 22.3 Å². The topological polar surface area (TPSA) is 107 Å². The minimum Gasteiger partial charge on any atom is -0.478 e. The van der Waals surface area contributed by atoms with Crippen molar-refractivity contribution in [1.82, 2.24) is 0 Å². The van der Waals surface area contributed by atoms with Gasteiger partial charge in [-0.15, -0.1) is 0 Å². The SMILES string of the molecule is Cc1cc2oc(=O)c3c(c2c2c1C(c1ccc(-c4ccc(C(=O)O)cc4)o1)CC(=O)O2)CCC3. The zero-order valence-corrected chi connectivity index (χ0v) is 18.3. The Morgan fingerprint density at radius 1 is 1.00 bits per heavy atom. The number of benzene rings is 2. The highest BCUT2D eigenvalue weighted by molar-refractivity contribution is 5.95. The summed E-state index contributed by atoms with van der Waals surface area (Å²) >= 11 is 0. The lowest BCUT2D eigenvalue weighted by atomic mass is 9.85. The maximum absolute atomic E-state index is 12.7. The summed E-state index contributed by atoms with van der Waals surface area (Å²) in [6.45, 7) is 1.91. The highest BCUT2D eigenvalue weighted by Crippen LogP contribution is 2.47. The molecule has 6 rings (SSSR count). The third-order valence-electron chi connectivity index (χ3n) is 6.78. The number of fused-ring (bicyclic) bond motifs is 5. The van der Waals surface area contributed by atoms with Gasteiger partial charge in [-0.3, -0.25) is 4.79 Å². The number of furan rings is 1. The Morgan fingerprint density at radius 3 is 2.53 bits per heavy atom. The summed E-state index contributed by atoms with van der Waals surface area (Å²) in [4.78, 5) is 36.3. The van der Waals surface area contributed by atoms with Crippen LogP contribution in [0.2, 0.25) is 0 Å². The summed E-state index contributed by atoms with van der Waals surface area (Å²) in [6, 6.07) is 11.9. The van der Waals surface area contributed by atoms with Gasteiger partial charge in [-0.2, -0.15) is 0 Å². The third kappa shape index (κ3) is 3.08. The van der Waals surface area contributed by atoms with Crippen molar-refractivity contribution >= 4 is 22.9 Å². The largest absolute Gasteiger partial charge is 0.478 e. The highest BCUT2D eigenvalue weighted by atomic mass is 16.5. The molecule has 170 valence electrons. The number of carbonyl (C=O) groups is 2. The van der Waals surface area contributed by atoms with Gasteiger partial charge in [-0.1, -0.05) is 12.1 Å². The van der Waals surface area contributed by atoms with E-state index in [1.54, 1.807) is 12.1 Å². The number of rotatable bonds is 3. The number of carboxylic acid groups (broad SMARTS) is 1. The van der Waals surface area contributed by atoms with Gasteiger partial charge >= 0.3 is 17.6 Å². The minimum absolute atomic E-state index is 0.128. The molecule has 7 nitrogen and oxygen atoms in total. The van der Waals surface area contributed by atoms with Crippen LogP contribution >= 0.6 is 0 Å². The van der Waals surface area contributed by atoms with E-state index in [4.69, 9.17) is 18.7 Å². The maximum atomic E-state index is 12.7. The van der Waals surface area contributed by atoms with Crippen molar-refractivity contribution in [2.24, 2.45) is 0 Å². The van der Waals surface area contributed by atoms with Crippen LogP contribution in [0.4, 0.5) is 0 Å². The van der Waals surface area contributed by atoms with E-state index in [0.717, 1.165) is 35.1 Å². The molecule has 4 aromatic rings. The molecule has 0 saturated carbocycles. The van der Waals surface area contributed by atoms with E-state index in [0.29, 0.717) is 40.2 Å². The average Bonchev–Trinajstić information content (AvgIpc) is 3.49. The molecule has 0 amide bonds. The van der Waals surface area contributed by atoms with Crippen molar-refractivity contribution in [3.8, 4) is 17.1 Å². The number of carbonyl (C=O) groups excluding carboxylic acids is 1. The first-order valence-electron chi connectivity index (χ1n) is 11.2. The molecule has 0 spiro atoms. The lowest BCUT2D eigenvalue weighted by Crippen LogP contribution is -2.22. The molecular formula is C27H20O7. The summed E-state index contributed by atoms with van der Waals surface area (Å²) in [7, 11) is 0. The van der Waals surface area contributed by atoms with Crippen LogP contribution in [-0.2, 0) is 17.6 Å². The molecule has 1 aliphatic carbocycles. The van der Waals surface area contributed by atoms with Gasteiger partial charge in [-0.25, -0.2) is 9.59 Å². The second kappa shape index (κ2) is 7.45. The monoisotopic (exact) mass is 456 g/mol. The summed E-state index contributed by atoms with van der Waals surface area (Å²) in [5.74, 6) is -0.0526. The Labute approximate surface area is 193 Å². The van der Waals surface area contributed by atoms with Gasteiger partial charge in [0, 0.05) is 16.7 Å². The summed E-state index contributed by atoms with van der Waals surface area (Å²) in [6.07, 6.45) is 2.40. The number of carboxylic acids is 1. The fourth-order valence-corrected chi connectivity index (χ4v) is 5.22. The highest BCUT2D eigenvalue weighted by Gasteiger charge is 2.36. The van der Waals surface area contributed by atoms with Crippen molar-refractivity contribution in [1.29, 1.82) is 0 Å². The molecule has 7 heteroatoms. The second-order valence-corrected chi connectivity index (χ2v) is 8.82. The van der Waals surface area contributed by atoms with Gasteiger partial charge in [0.15, 0.2) is 0 Å². The molecule has 34 heavy (non-hydrogen) atoms. The molecule has 0 fully saturated rings. The Bertz CT molecular complexity index is 1550. The Morgan fingerprint density at radius 2 is 1.76 bits per heavy atom. The average molecular weight is 456 g/mol. The Kier molecular flexibility index (Phi) is 4.49. The van der Waals surface area contributed by atoms with Crippen molar-refractivity contribution in [3.63, 3.8) is 0 Å². The van der Waals surface area contributed by atoms with E-state index in [9.17, 15) is 14.4 Å². The van der Waals surface area contributed by atoms with Crippen molar-refractivity contribution in [2.45, 2.75) is 38.5 Å². The fraction of sp³-hybridized carbons (Fsp3) is 0.222. The Hall–Kier alpha value is -4.13. The molecule has 2 aromatic heterocycles. The first kappa shape index (κ1) is 20.5. The molecule has 1 aliphatic heterocycles. The lowest BCUT2D eigenvalue weighted by Gasteiger charge is -2.26. The Balaban J connectivity index is 1.49. The van der Waals surface area contributed by atoms with E-state index in [-0.39, 0.29) is 29.5 Å². The quantitative estimate of drug-likeness (QED) is 0.263. The number of hydrogen-bond acceptors (Lipinski definition) is 6. The molecule has 1 N–H and O–H groups in total. The summed E-state index contributed by atoms with van der Waals surface area (Å²) in [5, 5.41) is 9.83. The van der Waals surface area contributed by atoms with E-state index >= 15 is 0 Å². The molecule has 3 heterocycles. The van der Waals surface area contributed by atoms with Gasteiger partial charge in [0.05, 0.1) is 23.3 Å². The van der Waals surface area contributed by atoms with Gasteiger partial charge in [0.1, 0.15) is 22.9 Å². The molecule has 2 aromatic carbocycles. The molecule has 1 atom stereocenters. The summed E-state index contributed by atoms with van der Waals surface area (Å²) < 4.78 is 17.5. The smallest absolute Gasteiger partial charge is 0.339 e. The molecule has 0 bridgehead atoms. The molecular weight excluding hydrogens is 436 g/mol. The van der Waals surface area contributed by atoms with Gasteiger partial charge in [-0.05, 0) is 67.6 Å². The molecule has 0 radical (unpaired) electrons. The third-order valence-corrected chi connectivity index (χ3v) is 6.78. The van der Waals surface area contributed by atoms with E-state index < -0.39 is 5.97 Å². The van der Waals surface area contributed by atoms with Gasteiger partial charge in [0.25, 0.3) is 0 Å². The molecule has 1 unspecified atom stereocenters. The van der Waals surface area contributed by atoms with Crippen LogP contribution in [0.1, 0.15) is 57.1 Å². The van der Waals surface area contributed by atoms with Crippen molar-refractivity contribution in [2.75, 3.05) is 0 Å². The maximum Gasteiger partial charge on any atom is 0.339 e. The van der Waals surface area contributed by atoms with Crippen LogP contribution in [0, 0.1) is 6.92 Å². The molecule has 2 aliphatic rings. The van der Waals surface area contributed by atoms with E-state index in [2.05, 4.69) is 0 Å². The van der Waals surface area contributed by atoms with Gasteiger partial charge < -0.3 is 18.7 Å². The zero-order valence-electron chi connectivity index (χ0n) is 18.3. The lowest BCUT2D eigenvalue weighted by molar-refractivity contribution is -0.135. The van der Waals surface area contributed by atoms with Crippen LogP contribution < -0.4 is 10.4 Å². The number of aromatic carboxylic acids is 1. The van der Waals surface area contributed by atoms with Crippen molar-refractivity contribution in [3.05, 3.63) is 86.5 Å². The molecule has 0 saturated heterocycles. The summed E-state index contributed by atoms with van der Waals surface area (Å²) in [5.41, 5.74) is 4.35. The first-order chi connectivity index (χ1) is 16.4. The van der Waals surface area contributed by atoms with Crippen LogP contribution in [0.15, 0.2) is 56.1 Å². The van der Waals surface area contributed by atoms with E-state index in [1.807, 2.05) is 25.1 Å². The number of hydrogen-bond donors (Lipinski definition) is 1. The second-order valence-electron chi connectivity index (χ2n) is 8.82. The van der Waals surface area contributed by atoms with Gasteiger partial charge in [0.2, 0.25) is 0 Å². The predicted molar refractivity (Wildman–Crippen MR) is 122 cm³/mol. The van der Waals surface area contributed by atoms with Crippen LogP contribution in [0.3, 0.4) is 0 Å². The predicted octanol–water partition coefficient (Wildman–Crippen LogP) is 4.99. The number of esters is 1. The van der Waals surface area contributed by atoms with E-state index in [1.165, 1.54) is 12.1 Å². The van der Waals surface area contributed by atoms with Crippen LogP contribution in [0.5, 0.6) is 5.75 Å². The first-order valence-corrected chi connectivity index (χ1v) is 11.2. The normalized spacial score (nSPS) is 16.9. The standard InChI is InChI=1S/C27H20O7/c1-13-11-21-24(16-3-2-4-17(16)27(31)33-21)25-23(13)18(12-22(28)34-25)20-10-9-19(32-20)14-5-7-15(8-6-14)26(29)30/h5-11,18H,2-4,12H2,1H3,(H,29,30). The fourth-order valence-electron chi connectivity index (χ4n) is 5.22. The number of aryl methyl sites for hydroxylation is 2. The zero-order chi connectivity index (χ0) is 23.6. The minimum atomic E-state index is -0.992. The van der Waals surface area contributed by atoms with Crippen LogP contribution in [-0.4, -0.2) is 17.0 Å². The van der Waals surface area contributed by atoms with Crippen molar-refractivity contribution < 1.29 is 28.3 Å². The number of ether oxygens (including phenoxy) is 1.